The summed E-state index contributed by atoms with van der Waals surface area (Å²) in [4.78, 5) is 16.3. The average molecular weight is 456 g/mol. The summed E-state index contributed by atoms with van der Waals surface area (Å²) in [6.45, 7) is 17.0. The first kappa shape index (κ1) is 23.0. The Kier molecular flexibility index (Phi) is 7.32. The number of piperazine rings is 1. The van der Waals surface area contributed by atoms with E-state index in [1.54, 1.807) is 0 Å². The summed E-state index contributed by atoms with van der Waals surface area (Å²) >= 11 is 0. The topological polar surface area (TPSA) is 54.0 Å². The van der Waals surface area contributed by atoms with Gasteiger partial charge in [-0.15, -0.1) is 0 Å². The minimum absolute atomic E-state index is 0.290. The molecule has 32 heavy (non-hydrogen) atoms. The van der Waals surface area contributed by atoms with Crippen molar-refractivity contribution >= 4 is 26.4 Å². The number of rotatable bonds is 6. The number of hydrogen-bond donors (Lipinski definition) is 0. The van der Waals surface area contributed by atoms with Gasteiger partial charge in [0, 0.05) is 45.0 Å². The van der Waals surface area contributed by atoms with Crippen molar-refractivity contribution in [2.45, 2.75) is 39.0 Å². The van der Waals surface area contributed by atoms with E-state index in [1.807, 2.05) is 12.4 Å². The lowest BCUT2D eigenvalue weighted by molar-refractivity contribution is 0.122. The molecule has 3 heterocycles. The monoisotopic (exact) mass is 455 g/mol. The van der Waals surface area contributed by atoms with Gasteiger partial charge in [0.05, 0.1) is 37.9 Å². The lowest BCUT2D eigenvalue weighted by atomic mass is 10.2. The Hall–Kier alpha value is -2.16. The van der Waals surface area contributed by atoms with E-state index in [2.05, 4.69) is 76.3 Å². The molecule has 7 nitrogen and oxygen atoms in total. The second kappa shape index (κ2) is 10.2. The molecular formula is C24H37N5O2Si. The van der Waals surface area contributed by atoms with Gasteiger partial charge in [0.1, 0.15) is 0 Å². The molecule has 2 aliphatic heterocycles. The van der Waals surface area contributed by atoms with Crippen molar-refractivity contribution in [3.05, 3.63) is 42.2 Å². The SMILES string of the molecule is C[SiH](OCc1cccc(N2CCN(c3cnc(N4CCOCC4)nc3)CC2)c1)C(C)(C)C. The Morgan fingerprint density at radius 2 is 1.53 bits per heavy atom. The molecule has 0 N–H and O–H groups in total. The van der Waals surface area contributed by atoms with Gasteiger partial charge in [0.2, 0.25) is 5.95 Å². The maximum absolute atomic E-state index is 6.25. The molecule has 1 unspecified atom stereocenters. The maximum atomic E-state index is 6.25. The van der Waals surface area contributed by atoms with E-state index < -0.39 is 9.04 Å². The van der Waals surface area contributed by atoms with E-state index in [4.69, 9.17) is 9.16 Å². The fourth-order valence-electron chi connectivity index (χ4n) is 3.94. The highest BCUT2D eigenvalue weighted by Crippen LogP contribution is 2.28. The van der Waals surface area contributed by atoms with Gasteiger partial charge in [-0.3, -0.25) is 0 Å². The first-order valence-electron chi connectivity index (χ1n) is 11.8. The molecule has 4 rings (SSSR count). The van der Waals surface area contributed by atoms with Crippen LogP contribution in [0.25, 0.3) is 0 Å². The first-order chi connectivity index (χ1) is 15.4. The van der Waals surface area contributed by atoms with Crippen LogP contribution in [0.5, 0.6) is 0 Å². The Labute approximate surface area is 194 Å². The van der Waals surface area contributed by atoms with Crippen LogP contribution in [0.2, 0.25) is 11.6 Å². The van der Waals surface area contributed by atoms with Crippen LogP contribution in [0, 0.1) is 0 Å². The lowest BCUT2D eigenvalue weighted by Gasteiger charge is -2.37. The highest BCUT2D eigenvalue weighted by Gasteiger charge is 2.23. The molecule has 0 radical (unpaired) electrons. The highest BCUT2D eigenvalue weighted by atomic mass is 28.3. The van der Waals surface area contributed by atoms with Gasteiger partial charge in [0.15, 0.2) is 9.04 Å². The molecule has 1 aromatic heterocycles. The smallest absolute Gasteiger partial charge is 0.225 e. The largest absolute Gasteiger partial charge is 0.416 e. The molecule has 2 aromatic rings. The fourth-order valence-corrected chi connectivity index (χ4v) is 4.88. The summed E-state index contributed by atoms with van der Waals surface area (Å²) < 4.78 is 11.7. The van der Waals surface area contributed by atoms with Crippen molar-refractivity contribution in [3.8, 4) is 0 Å². The predicted octanol–water partition coefficient (Wildman–Crippen LogP) is 3.31. The maximum Gasteiger partial charge on any atom is 0.225 e. The molecule has 0 amide bonds. The van der Waals surface area contributed by atoms with Crippen molar-refractivity contribution in [1.82, 2.24) is 9.97 Å². The van der Waals surface area contributed by atoms with E-state index in [0.29, 0.717) is 6.61 Å². The fraction of sp³-hybridized carbons (Fsp3) is 0.583. The Bertz CT molecular complexity index is 859. The van der Waals surface area contributed by atoms with Crippen LogP contribution >= 0.6 is 0 Å². The molecule has 1 atom stereocenters. The number of ether oxygens (including phenoxy) is 1. The number of morpholine rings is 1. The predicted molar refractivity (Wildman–Crippen MR) is 133 cm³/mol. The Morgan fingerprint density at radius 3 is 2.16 bits per heavy atom. The zero-order valence-electron chi connectivity index (χ0n) is 20.0. The molecule has 8 heteroatoms. The van der Waals surface area contributed by atoms with Gasteiger partial charge in [-0.05, 0) is 29.3 Å². The molecule has 174 valence electrons. The van der Waals surface area contributed by atoms with Crippen molar-refractivity contribution in [2.75, 3.05) is 67.2 Å². The third-order valence-electron chi connectivity index (χ3n) is 6.56. The van der Waals surface area contributed by atoms with Crippen LogP contribution in [0.15, 0.2) is 36.7 Å². The first-order valence-corrected chi connectivity index (χ1v) is 14.0. The summed E-state index contributed by atoms with van der Waals surface area (Å²) in [6.07, 6.45) is 3.93. The molecule has 0 saturated carbocycles. The lowest BCUT2D eigenvalue weighted by Crippen LogP contribution is -2.46. The molecular weight excluding hydrogens is 418 g/mol. The van der Waals surface area contributed by atoms with Crippen LogP contribution in [0.4, 0.5) is 17.3 Å². The van der Waals surface area contributed by atoms with Gasteiger partial charge in [-0.25, -0.2) is 9.97 Å². The van der Waals surface area contributed by atoms with Gasteiger partial charge >= 0.3 is 0 Å². The van der Waals surface area contributed by atoms with E-state index >= 15 is 0 Å². The number of aromatic nitrogens is 2. The zero-order chi connectivity index (χ0) is 22.6. The average Bonchev–Trinajstić information content (AvgIpc) is 2.83. The van der Waals surface area contributed by atoms with Gasteiger partial charge in [-0.2, -0.15) is 0 Å². The minimum Gasteiger partial charge on any atom is -0.416 e. The summed E-state index contributed by atoms with van der Waals surface area (Å²) in [5.41, 5.74) is 3.65. The molecule has 0 bridgehead atoms. The zero-order valence-corrected chi connectivity index (χ0v) is 21.1. The van der Waals surface area contributed by atoms with Crippen LogP contribution < -0.4 is 14.7 Å². The molecule has 2 fully saturated rings. The van der Waals surface area contributed by atoms with Crippen molar-refractivity contribution in [3.63, 3.8) is 0 Å². The second-order valence-electron chi connectivity index (χ2n) is 9.80. The van der Waals surface area contributed by atoms with Crippen molar-refractivity contribution < 1.29 is 9.16 Å². The number of anilines is 3. The molecule has 0 aliphatic carbocycles. The van der Waals surface area contributed by atoms with Gasteiger partial charge < -0.3 is 23.9 Å². The van der Waals surface area contributed by atoms with E-state index in [-0.39, 0.29) is 5.04 Å². The quantitative estimate of drug-likeness (QED) is 0.620. The molecule has 2 saturated heterocycles. The van der Waals surface area contributed by atoms with Crippen molar-refractivity contribution in [1.29, 1.82) is 0 Å². The number of hydrogen-bond acceptors (Lipinski definition) is 7. The Balaban J connectivity index is 1.31. The minimum atomic E-state index is -1.21. The highest BCUT2D eigenvalue weighted by molar-refractivity contribution is 6.53. The van der Waals surface area contributed by atoms with Crippen LogP contribution in [-0.4, -0.2) is 71.5 Å². The summed E-state index contributed by atoms with van der Waals surface area (Å²) in [5.74, 6) is 0.804. The summed E-state index contributed by atoms with van der Waals surface area (Å²) in [5, 5.41) is 0.290. The van der Waals surface area contributed by atoms with E-state index in [1.165, 1.54) is 11.3 Å². The third kappa shape index (κ3) is 5.79. The molecule has 2 aliphatic rings. The Morgan fingerprint density at radius 1 is 0.906 bits per heavy atom. The second-order valence-corrected chi connectivity index (χ2v) is 13.2. The van der Waals surface area contributed by atoms with E-state index in [0.717, 1.165) is 64.1 Å². The summed E-state index contributed by atoms with van der Waals surface area (Å²) in [7, 11) is -1.21. The van der Waals surface area contributed by atoms with Crippen LogP contribution in [-0.2, 0) is 15.8 Å². The molecule has 0 spiro atoms. The van der Waals surface area contributed by atoms with Crippen LogP contribution in [0.3, 0.4) is 0 Å². The van der Waals surface area contributed by atoms with Crippen molar-refractivity contribution in [2.24, 2.45) is 0 Å². The molecule has 1 aromatic carbocycles. The third-order valence-corrected chi connectivity index (χ3v) is 9.66. The number of benzene rings is 1. The van der Waals surface area contributed by atoms with E-state index in [9.17, 15) is 0 Å². The van der Waals surface area contributed by atoms with Gasteiger partial charge in [-0.1, -0.05) is 32.9 Å². The van der Waals surface area contributed by atoms with Gasteiger partial charge in [0.25, 0.3) is 0 Å². The number of nitrogens with zero attached hydrogens (tertiary/aromatic N) is 5. The van der Waals surface area contributed by atoms with Crippen LogP contribution in [0.1, 0.15) is 26.3 Å². The summed E-state index contributed by atoms with van der Waals surface area (Å²) in [6, 6.07) is 8.84. The normalized spacial score (nSPS) is 18.7. The standard InChI is InChI=1S/C24H37N5O2Si/c1-24(2,3)32(4)31-19-20-6-5-7-21(16-20)27-8-10-28(11-9-27)22-17-25-23(26-18-22)29-12-14-30-15-13-29/h5-7,16-18,32H,8-15,19H2,1-4H3.